The van der Waals surface area contributed by atoms with Gasteiger partial charge in [-0.05, 0) is 123 Å². The molecule has 56 heavy (non-hydrogen) atoms. The third-order valence-electron chi connectivity index (χ3n) is 7.72. The summed E-state index contributed by atoms with van der Waals surface area (Å²) < 4.78 is 134. The molecule has 4 rings (SSSR count). The van der Waals surface area contributed by atoms with Crippen molar-refractivity contribution >= 4 is 44.1 Å². The number of nitrogens with one attached hydrogen (secondary N) is 2. The van der Waals surface area contributed by atoms with E-state index in [1.807, 2.05) is 0 Å². The van der Waals surface area contributed by atoms with E-state index in [0.29, 0.717) is 0 Å². The Morgan fingerprint density at radius 2 is 0.875 bits per heavy atom. The Balaban J connectivity index is 1.25. The number of ether oxygens (including phenoxy) is 4. The minimum absolute atomic E-state index is 0.0453. The van der Waals surface area contributed by atoms with E-state index >= 15 is 0 Å². The van der Waals surface area contributed by atoms with Gasteiger partial charge in [0.05, 0.1) is 24.0 Å². The molecule has 0 aliphatic heterocycles. The summed E-state index contributed by atoms with van der Waals surface area (Å²) in [4.78, 5) is 22.8. The van der Waals surface area contributed by atoms with Gasteiger partial charge in [-0.2, -0.15) is 0 Å². The Kier molecular flexibility index (Phi) is 14.5. The predicted molar refractivity (Wildman–Crippen MR) is 197 cm³/mol. The number of carbonyl (C=O) groups is 2. The summed E-state index contributed by atoms with van der Waals surface area (Å²) in [6, 6.07) is 13.4. The maximum Gasteiger partial charge on any atom is 0.333 e. The number of carbonyl (C=O) groups excluding carboxylic acids is 2. The predicted octanol–water partition coefficient (Wildman–Crippen LogP) is 7.02. The van der Waals surface area contributed by atoms with E-state index in [0.717, 1.165) is 24.3 Å². The number of hydrogen-bond donors (Lipinski definition) is 2. The van der Waals surface area contributed by atoms with Gasteiger partial charge in [-0.15, -0.1) is 0 Å². The molecular formula is C38H36F4N2O10S2. The molecule has 0 aliphatic rings. The highest BCUT2D eigenvalue weighted by Crippen LogP contribution is 2.31. The van der Waals surface area contributed by atoms with E-state index < -0.39 is 66.8 Å². The fourth-order valence-electron chi connectivity index (χ4n) is 4.90. The van der Waals surface area contributed by atoms with E-state index in [1.165, 1.54) is 88.8 Å². The van der Waals surface area contributed by atoms with Crippen LogP contribution in [0.2, 0.25) is 0 Å². The lowest BCUT2D eigenvalue weighted by Crippen LogP contribution is -2.27. The SMILES string of the molecule is COC(=O)/C(C)=C/c1cc(F)c(Oc2ccc(S(=O)(=O)NCCCCNS(=O)(=O)c3ccc(Oc4c(F)cc(/C=C(\C)C(=O)OC)cc4F)cc3)cc2)c(F)c1. The van der Waals surface area contributed by atoms with Gasteiger partial charge < -0.3 is 18.9 Å². The molecule has 2 N–H and O–H groups in total. The third-order valence-corrected chi connectivity index (χ3v) is 10.7. The lowest BCUT2D eigenvalue weighted by molar-refractivity contribution is -0.136. The van der Waals surface area contributed by atoms with Crippen LogP contribution in [0.5, 0.6) is 23.0 Å². The average molecular weight is 821 g/mol. The highest BCUT2D eigenvalue weighted by atomic mass is 32.2. The van der Waals surface area contributed by atoms with Gasteiger partial charge in [0, 0.05) is 24.2 Å². The van der Waals surface area contributed by atoms with Gasteiger partial charge >= 0.3 is 11.9 Å². The summed E-state index contributed by atoms with van der Waals surface area (Å²) in [6.07, 6.45) is 2.96. The molecule has 0 aromatic heterocycles. The van der Waals surface area contributed by atoms with Crippen molar-refractivity contribution in [3.8, 4) is 23.0 Å². The zero-order valence-corrected chi connectivity index (χ0v) is 32.0. The number of hydrogen-bond acceptors (Lipinski definition) is 10. The minimum atomic E-state index is -4.01. The smallest absolute Gasteiger partial charge is 0.333 e. The molecular weight excluding hydrogens is 785 g/mol. The Morgan fingerprint density at radius 3 is 1.16 bits per heavy atom. The van der Waals surface area contributed by atoms with Gasteiger partial charge in [-0.3, -0.25) is 0 Å². The number of methoxy groups -OCH3 is 2. The number of rotatable bonds is 17. The monoisotopic (exact) mass is 820 g/mol. The first kappa shape index (κ1) is 43.2. The standard InChI is InChI=1S/C38H36F4N2O10S2/c1-23(37(45)51-3)17-25-19-31(39)35(32(40)20-25)53-27-7-11-29(12-8-27)55(47,48)43-15-5-6-16-44-56(49,50)30-13-9-28(10-14-30)54-36-33(41)21-26(22-34(36)42)18-24(2)38(46)52-4/h7-14,17-22,43-44H,5-6,15-16H2,1-4H3/b23-17+,24-18+. The van der Waals surface area contributed by atoms with Crippen molar-refractivity contribution in [1.29, 1.82) is 0 Å². The van der Waals surface area contributed by atoms with Crippen molar-refractivity contribution < 1.29 is 62.9 Å². The maximum absolute atomic E-state index is 14.6. The van der Waals surface area contributed by atoms with Crippen molar-refractivity contribution in [2.75, 3.05) is 27.3 Å². The molecule has 0 bridgehead atoms. The quantitative estimate of drug-likeness (QED) is 0.0490. The highest BCUT2D eigenvalue weighted by molar-refractivity contribution is 7.89. The summed E-state index contributed by atoms with van der Waals surface area (Å²) in [5, 5.41) is 0. The van der Waals surface area contributed by atoms with E-state index in [9.17, 15) is 44.0 Å². The summed E-state index contributed by atoms with van der Waals surface area (Å²) in [5.74, 6) is -7.15. The van der Waals surface area contributed by atoms with Crippen LogP contribution < -0.4 is 18.9 Å². The van der Waals surface area contributed by atoms with Gasteiger partial charge in [0.25, 0.3) is 0 Å². The molecule has 12 nitrogen and oxygen atoms in total. The van der Waals surface area contributed by atoms with Crippen LogP contribution in [-0.2, 0) is 39.1 Å². The molecule has 0 unspecified atom stereocenters. The van der Waals surface area contributed by atoms with E-state index in [2.05, 4.69) is 18.9 Å². The molecule has 0 aliphatic carbocycles. The fraction of sp³-hybridized carbons (Fsp3) is 0.211. The lowest BCUT2D eigenvalue weighted by Gasteiger charge is -2.11. The van der Waals surface area contributed by atoms with Crippen LogP contribution in [0.4, 0.5) is 17.6 Å². The van der Waals surface area contributed by atoms with Crippen LogP contribution in [0.3, 0.4) is 0 Å². The molecule has 298 valence electrons. The lowest BCUT2D eigenvalue weighted by atomic mass is 10.1. The maximum atomic E-state index is 14.6. The molecule has 0 spiro atoms. The molecule has 0 atom stereocenters. The number of esters is 2. The molecule has 0 heterocycles. The summed E-state index contributed by atoms with van der Waals surface area (Å²) in [6.45, 7) is 2.74. The van der Waals surface area contributed by atoms with Crippen LogP contribution in [0, 0.1) is 23.3 Å². The van der Waals surface area contributed by atoms with E-state index in [4.69, 9.17) is 9.47 Å². The molecule has 0 amide bonds. The molecule has 0 radical (unpaired) electrons. The zero-order chi connectivity index (χ0) is 41.2. The third kappa shape index (κ3) is 11.5. The number of halogens is 4. The van der Waals surface area contributed by atoms with Crippen LogP contribution >= 0.6 is 0 Å². The molecule has 0 saturated carbocycles. The first-order chi connectivity index (χ1) is 26.4. The second kappa shape index (κ2) is 18.9. The topological polar surface area (TPSA) is 163 Å². The summed E-state index contributed by atoms with van der Waals surface area (Å²) in [7, 11) is -5.68. The largest absolute Gasteiger partial charge is 0.466 e. The Hall–Kier alpha value is -5.56. The second-order valence-corrected chi connectivity index (χ2v) is 15.4. The van der Waals surface area contributed by atoms with Gasteiger partial charge in [-0.25, -0.2) is 53.4 Å². The Labute approximate surface area is 320 Å². The van der Waals surface area contributed by atoms with Gasteiger partial charge in [0.15, 0.2) is 34.8 Å². The number of benzene rings is 4. The van der Waals surface area contributed by atoms with Crippen LogP contribution in [-0.4, -0.2) is 56.1 Å². The molecule has 18 heteroatoms. The normalized spacial score (nSPS) is 12.3. The van der Waals surface area contributed by atoms with Crippen molar-refractivity contribution in [2.24, 2.45) is 0 Å². The van der Waals surface area contributed by atoms with E-state index in [1.54, 1.807) is 0 Å². The first-order valence-electron chi connectivity index (χ1n) is 16.5. The molecule has 0 saturated heterocycles. The average Bonchev–Trinajstić information content (AvgIpc) is 3.15. The van der Waals surface area contributed by atoms with Gasteiger partial charge in [-0.1, -0.05) is 0 Å². The van der Waals surface area contributed by atoms with Crippen molar-refractivity contribution in [2.45, 2.75) is 36.5 Å². The molecule has 4 aromatic carbocycles. The number of sulfonamides is 2. The zero-order valence-electron chi connectivity index (χ0n) is 30.3. The Morgan fingerprint density at radius 1 is 0.571 bits per heavy atom. The van der Waals surface area contributed by atoms with Crippen molar-refractivity contribution in [3.63, 3.8) is 0 Å². The minimum Gasteiger partial charge on any atom is -0.466 e. The first-order valence-corrected chi connectivity index (χ1v) is 19.5. The summed E-state index contributed by atoms with van der Waals surface area (Å²) in [5.41, 5.74) is 0.346. The Bertz CT molecular complexity index is 2160. The van der Waals surface area contributed by atoms with Gasteiger partial charge in [0.1, 0.15) is 11.5 Å². The van der Waals surface area contributed by atoms with Crippen LogP contribution in [0.25, 0.3) is 12.2 Å². The van der Waals surface area contributed by atoms with E-state index in [-0.39, 0.29) is 69.5 Å². The van der Waals surface area contributed by atoms with Crippen molar-refractivity contribution in [3.05, 3.63) is 118 Å². The summed E-state index contributed by atoms with van der Waals surface area (Å²) >= 11 is 0. The van der Waals surface area contributed by atoms with Gasteiger partial charge in [0.2, 0.25) is 20.0 Å². The second-order valence-electron chi connectivity index (χ2n) is 11.9. The van der Waals surface area contributed by atoms with Crippen LogP contribution in [0.1, 0.15) is 37.8 Å². The van der Waals surface area contributed by atoms with Crippen LogP contribution in [0.15, 0.2) is 93.7 Å². The molecule has 0 fully saturated rings. The number of unbranched alkanes of at least 4 members (excludes halogenated alkanes) is 1. The fourth-order valence-corrected chi connectivity index (χ4v) is 7.05. The molecule has 4 aromatic rings. The highest BCUT2D eigenvalue weighted by Gasteiger charge is 2.19. The van der Waals surface area contributed by atoms with Crippen molar-refractivity contribution in [1.82, 2.24) is 9.44 Å².